The molecule has 0 spiro atoms. The van der Waals surface area contributed by atoms with Crippen molar-refractivity contribution in [3.8, 4) is 11.5 Å². The molecule has 28 heavy (non-hydrogen) atoms. The molecule has 0 radical (unpaired) electrons. The van der Waals surface area contributed by atoms with E-state index in [1.807, 2.05) is 18.2 Å². The molecule has 1 aliphatic rings. The van der Waals surface area contributed by atoms with Crippen LogP contribution in [0.4, 0.5) is 10.2 Å². The fourth-order valence-electron chi connectivity index (χ4n) is 2.80. The molecule has 2 heterocycles. The quantitative estimate of drug-likeness (QED) is 0.686. The number of nitrogens with zero attached hydrogens (tertiary/aromatic N) is 1. The first kappa shape index (κ1) is 17.8. The Hall–Kier alpha value is -3.61. The topological polar surface area (TPSA) is 72.5 Å². The third kappa shape index (κ3) is 4.03. The molecule has 4 rings (SSSR count). The minimum absolute atomic E-state index is 0.216. The fraction of sp³-hybridized carbons (Fsp3) is 0.143. The lowest BCUT2D eigenvalue weighted by Gasteiger charge is -2.08. The Balaban J connectivity index is 1.32. The molecule has 3 aromatic rings. The van der Waals surface area contributed by atoms with Gasteiger partial charge in [-0.05, 0) is 35.9 Å². The Bertz CT molecular complexity index is 992. The first-order valence-corrected chi connectivity index (χ1v) is 8.79. The number of pyridine rings is 1. The van der Waals surface area contributed by atoms with E-state index in [1.54, 1.807) is 30.3 Å². The molecular formula is C21H18FN3O3. The second kappa shape index (κ2) is 7.96. The molecular weight excluding hydrogens is 361 g/mol. The third-order valence-corrected chi connectivity index (χ3v) is 4.33. The van der Waals surface area contributed by atoms with Gasteiger partial charge in [0.15, 0.2) is 11.5 Å². The lowest BCUT2D eigenvalue weighted by atomic mass is 10.2. The first-order chi connectivity index (χ1) is 13.7. The van der Waals surface area contributed by atoms with Crippen LogP contribution in [0.2, 0.25) is 0 Å². The number of fused-ring (bicyclic) bond motifs is 1. The molecule has 1 aromatic heterocycles. The van der Waals surface area contributed by atoms with Crippen LogP contribution in [0.1, 0.15) is 21.5 Å². The Kier molecular flexibility index (Phi) is 5.05. The average Bonchev–Trinajstić information content (AvgIpc) is 3.20. The molecule has 0 fully saturated rings. The highest BCUT2D eigenvalue weighted by molar-refractivity contribution is 5.94. The number of amides is 1. The zero-order valence-electron chi connectivity index (χ0n) is 14.9. The van der Waals surface area contributed by atoms with E-state index in [1.165, 1.54) is 12.3 Å². The van der Waals surface area contributed by atoms with Gasteiger partial charge >= 0.3 is 0 Å². The van der Waals surface area contributed by atoms with Crippen LogP contribution in [-0.4, -0.2) is 17.7 Å². The molecule has 2 N–H and O–H groups in total. The molecule has 1 aliphatic heterocycles. The summed E-state index contributed by atoms with van der Waals surface area (Å²) < 4.78 is 24.2. The summed E-state index contributed by atoms with van der Waals surface area (Å²) in [6, 6.07) is 15.5. The second-order valence-electron chi connectivity index (χ2n) is 6.25. The van der Waals surface area contributed by atoms with E-state index in [0.29, 0.717) is 41.5 Å². The zero-order valence-corrected chi connectivity index (χ0v) is 14.9. The van der Waals surface area contributed by atoms with Crippen LogP contribution < -0.4 is 20.1 Å². The summed E-state index contributed by atoms with van der Waals surface area (Å²) in [6.07, 6.45) is 1.48. The van der Waals surface area contributed by atoms with E-state index < -0.39 is 0 Å². The predicted molar refractivity (Wildman–Crippen MR) is 102 cm³/mol. The fourth-order valence-corrected chi connectivity index (χ4v) is 2.80. The van der Waals surface area contributed by atoms with Crippen LogP contribution in [0.15, 0.2) is 60.8 Å². The maximum absolute atomic E-state index is 13.6. The lowest BCUT2D eigenvalue weighted by molar-refractivity contribution is 0.0950. The SMILES string of the molecule is O=C(NCc1ccc2c(c1)OCO2)c1ccc(NCc2ccccc2F)nc1. The van der Waals surface area contributed by atoms with E-state index in [2.05, 4.69) is 15.6 Å². The second-order valence-corrected chi connectivity index (χ2v) is 6.25. The molecule has 142 valence electrons. The van der Waals surface area contributed by atoms with Gasteiger partial charge in [0.25, 0.3) is 5.91 Å². The van der Waals surface area contributed by atoms with E-state index in [9.17, 15) is 9.18 Å². The van der Waals surface area contributed by atoms with Crippen molar-refractivity contribution in [1.29, 1.82) is 0 Å². The molecule has 0 aliphatic carbocycles. The number of hydrogen-bond acceptors (Lipinski definition) is 5. The van der Waals surface area contributed by atoms with Crippen molar-refractivity contribution in [3.63, 3.8) is 0 Å². The number of benzene rings is 2. The summed E-state index contributed by atoms with van der Waals surface area (Å²) in [5, 5.41) is 5.89. The molecule has 7 heteroatoms. The van der Waals surface area contributed by atoms with Crippen LogP contribution >= 0.6 is 0 Å². The van der Waals surface area contributed by atoms with Crippen molar-refractivity contribution < 1.29 is 18.7 Å². The Morgan fingerprint density at radius 1 is 1.04 bits per heavy atom. The number of carbonyl (C=O) groups excluding carboxylic acids is 1. The van der Waals surface area contributed by atoms with Crippen molar-refractivity contribution in [3.05, 3.63) is 83.3 Å². The number of carbonyl (C=O) groups is 1. The highest BCUT2D eigenvalue weighted by Gasteiger charge is 2.14. The van der Waals surface area contributed by atoms with Crippen LogP contribution in [0, 0.1) is 5.82 Å². The Morgan fingerprint density at radius 2 is 1.89 bits per heavy atom. The highest BCUT2D eigenvalue weighted by atomic mass is 19.1. The van der Waals surface area contributed by atoms with E-state index in [4.69, 9.17) is 9.47 Å². The standard InChI is InChI=1S/C21H18FN3O3/c22-17-4-2-1-3-15(17)11-23-20-8-6-16(12-24-20)21(26)25-10-14-5-7-18-19(9-14)28-13-27-18/h1-9,12H,10-11,13H2,(H,23,24)(H,25,26). The predicted octanol–water partition coefficient (Wildman–Crippen LogP) is 3.49. The number of aromatic nitrogens is 1. The molecule has 2 aromatic carbocycles. The Morgan fingerprint density at radius 3 is 2.71 bits per heavy atom. The maximum atomic E-state index is 13.6. The van der Waals surface area contributed by atoms with Crippen LogP contribution in [0.25, 0.3) is 0 Å². The molecule has 0 saturated heterocycles. The number of anilines is 1. The van der Waals surface area contributed by atoms with Gasteiger partial charge in [-0.3, -0.25) is 4.79 Å². The number of nitrogens with one attached hydrogen (secondary N) is 2. The number of ether oxygens (including phenoxy) is 2. The normalized spacial score (nSPS) is 11.9. The van der Waals surface area contributed by atoms with Gasteiger partial charge in [-0.25, -0.2) is 9.37 Å². The van der Waals surface area contributed by atoms with Gasteiger partial charge in [0, 0.05) is 24.8 Å². The number of halogens is 1. The van der Waals surface area contributed by atoms with Gasteiger partial charge < -0.3 is 20.1 Å². The minimum atomic E-state index is -0.269. The average molecular weight is 379 g/mol. The molecule has 0 bridgehead atoms. The molecule has 0 unspecified atom stereocenters. The summed E-state index contributed by atoms with van der Waals surface area (Å²) >= 11 is 0. The monoisotopic (exact) mass is 379 g/mol. The molecule has 0 atom stereocenters. The summed E-state index contributed by atoms with van der Waals surface area (Å²) in [5.41, 5.74) is 1.90. The summed E-state index contributed by atoms with van der Waals surface area (Å²) in [5.74, 6) is 1.45. The smallest absolute Gasteiger partial charge is 0.253 e. The van der Waals surface area contributed by atoms with E-state index >= 15 is 0 Å². The van der Waals surface area contributed by atoms with Crippen LogP contribution in [0.3, 0.4) is 0 Å². The zero-order chi connectivity index (χ0) is 19.3. The van der Waals surface area contributed by atoms with Crippen molar-refractivity contribution >= 4 is 11.7 Å². The first-order valence-electron chi connectivity index (χ1n) is 8.79. The van der Waals surface area contributed by atoms with Gasteiger partial charge in [0.05, 0.1) is 5.56 Å². The lowest BCUT2D eigenvalue weighted by Crippen LogP contribution is -2.23. The third-order valence-electron chi connectivity index (χ3n) is 4.33. The molecule has 0 saturated carbocycles. The summed E-state index contributed by atoms with van der Waals surface area (Å²) in [7, 11) is 0. The largest absolute Gasteiger partial charge is 0.454 e. The van der Waals surface area contributed by atoms with Crippen molar-refractivity contribution in [2.45, 2.75) is 13.1 Å². The van der Waals surface area contributed by atoms with Gasteiger partial charge in [-0.2, -0.15) is 0 Å². The minimum Gasteiger partial charge on any atom is -0.454 e. The molecule has 1 amide bonds. The summed E-state index contributed by atoms with van der Waals surface area (Å²) in [6.45, 7) is 0.895. The maximum Gasteiger partial charge on any atom is 0.253 e. The van der Waals surface area contributed by atoms with Crippen molar-refractivity contribution in [2.24, 2.45) is 0 Å². The Labute approximate surface area is 161 Å². The highest BCUT2D eigenvalue weighted by Crippen LogP contribution is 2.32. The van der Waals surface area contributed by atoms with Crippen LogP contribution in [-0.2, 0) is 13.1 Å². The van der Waals surface area contributed by atoms with Crippen molar-refractivity contribution in [1.82, 2.24) is 10.3 Å². The van der Waals surface area contributed by atoms with Gasteiger partial charge in [-0.15, -0.1) is 0 Å². The number of rotatable bonds is 6. The van der Waals surface area contributed by atoms with E-state index in [0.717, 1.165) is 5.56 Å². The van der Waals surface area contributed by atoms with Gasteiger partial charge in [0.2, 0.25) is 6.79 Å². The van der Waals surface area contributed by atoms with Gasteiger partial charge in [0.1, 0.15) is 11.6 Å². The van der Waals surface area contributed by atoms with E-state index in [-0.39, 0.29) is 18.5 Å². The molecule has 6 nitrogen and oxygen atoms in total. The van der Waals surface area contributed by atoms with Crippen molar-refractivity contribution in [2.75, 3.05) is 12.1 Å². The summed E-state index contributed by atoms with van der Waals surface area (Å²) in [4.78, 5) is 16.5. The number of hydrogen-bond donors (Lipinski definition) is 2. The van der Waals surface area contributed by atoms with Crippen LogP contribution in [0.5, 0.6) is 11.5 Å². The van der Waals surface area contributed by atoms with Gasteiger partial charge in [-0.1, -0.05) is 24.3 Å².